The lowest BCUT2D eigenvalue weighted by Crippen LogP contribution is -2.59. The number of nitrogens with one attached hydrogen (secondary N) is 1. The number of allylic oxidation sites excluding steroid dienone is 1. The van der Waals surface area contributed by atoms with Crippen LogP contribution in [0.25, 0.3) is 0 Å². The van der Waals surface area contributed by atoms with Crippen LogP contribution in [0.3, 0.4) is 0 Å². The summed E-state index contributed by atoms with van der Waals surface area (Å²) >= 11 is 0. The molecule has 3 atom stereocenters. The van der Waals surface area contributed by atoms with E-state index in [1.54, 1.807) is 4.90 Å². The van der Waals surface area contributed by atoms with Gasteiger partial charge in [-0.25, -0.2) is 0 Å². The van der Waals surface area contributed by atoms with E-state index in [9.17, 15) is 14.4 Å². The van der Waals surface area contributed by atoms with Crippen molar-refractivity contribution in [3.8, 4) is 5.75 Å². The third-order valence-corrected chi connectivity index (χ3v) is 8.74. The number of piperidine rings is 1. The Kier molecular flexibility index (Phi) is 6.23. The highest BCUT2D eigenvalue weighted by Crippen LogP contribution is 2.36. The van der Waals surface area contributed by atoms with Crippen molar-refractivity contribution in [2.45, 2.75) is 76.1 Å². The number of amides is 3. The summed E-state index contributed by atoms with van der Waals surface area (Å²) in [5.74, 6) is 0.652. The maximum Gasteiger partial charge on any atom is 0.255 e. The minimum Gasteiger partial charge on any atom is -0.489 e. The smallest absolute Gasteiger partial charge is 0.255 e. The Morgan fingerprint density at radius 3 is 2.67 bits per heavy atom. The number of hydrogen-bond donors (Lipinski definition) is 1. The van der Waals surface area contributed by atoms with Crippen LogP contribution in [0.4, 0.5) is 0 Å². The van der Waals surface area contributed by atoms with Gasteiger partial charge in [0.05, 0.1) is 0 Å². The quantitative estimate of drug-likeness (QED) is 0.637. The monoisotopic (exact) mass is 492 g/mol. The summed E-state index contributed by atoms with van der Waals surface area (Å²) in [6, 6.07) is 5.55. The van der Waals surface area contributed by atoms with Gasteiger partial charge in [0.15, 0.2) is 0 Å². The molecule has 0 bridgehead atoms. The van der Waals surface area contributed by atoms with E-state index in [1.165, 1.54) is 44.3 Å². The van der Waals surface area contributed by atoms with Crippen LogP contribution in [0.2, 0.25) is 0 Å². The largest absolute Gasteiger partial charge is 0.489 e. The summed E-state index contributed by atoms with van der Waals surface area (Å²) in [4.78, 5) is 43.5. The van der Waals surface area contributed by atoms with Gasteiger partial charge in [-0.05, 0) is 62.3 Å². The zero-order valence-corrected chi connectivity index (χ0v) is 21.1. The third-order valence-electron chi connectivity index (χ3n) is 8.74. The Balaban J connectivity index is 1.11. The van der Waals surface area contributed by atoms with Crippen molar-refractivity contribution in [2.24, 2.45) is 5.92 Å². The van der Waals surface area contributed by atoms with Crippen molar-refractivity contribution in [3.63, 3.8) is 0 Å². The van der Waals surface area contributed by atoms with Crippen LogP contribution in [0.1, 0.15) is 67.3 Å². The van der Waals surface area contributed by atoms with Gasteiger partial charge in [-0.15, -0.1) is 0 Å². The number of rotatable bonds is 5. The summed E-state index contributed by atoms with van der Waals surface area (Å²) < 4.78 is 6.58. The molecule has 1 unspecified atom stereocenters. The van der Waals surface area contributed by atoms with Gasteiger partial charge in [-0.3, -0.25) is 24.6 Å². The van der Waals surface area contributed by atoms with E-state index in [-0.39, 0.29) is 30.2 Å². The van der Waals surface area contributed by atoms with Gasteiger partial charge in [0.2, 0.25) is 11.8 Å². The predicted octanol–water partition coefficient (Wildman–Crippen LogP) is 2.68. The molecular formula is C28H36N4O4. The van der Waals surface area contributed by atoms with E-state index in [0.29, 0.717) is 30.5 Å². The van der Waals surface area contributed by atoms with Crippen LogP contribution in [0, 0.1) is 5.92 Å². The normalized spacial score (nSPS) is 29.5. The zero-order chi connectivity index (χ0) is 24.8. The maximum atomic E-state index is 13.0. The average molecular weight is 493 g/mol. The number of benzene rings is 1. The lowest BCUT2D eigenvalue weighted by Gasteiger charge is -2.50. The molecule has 5 aliphatic rings. The van der Waals surface area contributed by atoms with Crippen molar-refractivity contribution < 1.29 is 19.1 Å². The molecule has 1 N–H and O–H groups in total. The molecule has 1 aromatic carbocycles. The van der Waals surface area contributed by atoms with Crippen molar-refractivity contribution in [3.05, 3.63) is 41.1 Å². The van der Waals surface area contributed by atoms with Gasteiger partial charge < -0.3 is 14.5 Å². The van der Waals surface area contributed by atoms with Gasteiger partial charge in [-0.1, -0.05) is 12.5 Å². The van der Waals surface area contributed by atoms with Gasteiger partial charge in [-0.2, -0.15) is 0 Å². The fraction of sp³-hybridized carbons (Fsp3) is 0.607. The molecule has 3 amide bonds. The van der Waals surface area contributed by atoms with Crippen LogP contribution < -0.4 is 10.1 Å². The van der Waals surface area contributed by atoms with Gasteiger partial charge in [0.1, 0.15) is 17.9 Å². The predicted molar refractivity (Wildman–Crippen MR) is 134 cm³/mol. The second kappa shape index (κ2) is 9.54. The summed E-state index contributed by atoms with van der Waals surface area (Å²) in [5.41, 5.74) is 3.04. The highest BCUT2D eigenvalue weighted by molar-refractivity contribution is 6.05. The Morgan fingerprint density at radius 1 is 1.03 bits per heavy atom. The summed E-state index contributed by atoms with van der Waals surface area (Å²) in [5, 5.41) is 2.36. The molecule has 3 fully saturated rings. The Hall–Kier alpha value is -2.87. The number of hydrogen-bond acceptors (Lipinski definition) is 6. The number of ether oxygens (including phenoxy) is 1. The standard InChI is InChI=1S/C28H36N4O4/c1-30-13-5-4-6-22(30)19-15-31(16-19)23-7-2-3-8-25(23)36-20-9-10-21-18(14-20)17-32(28(21)35)24-11-12-26(33)29-27(24)34/h6,9-10,14,19,23-25H,2-5,7-8,11-13,15-17H2,1H3,(H,29,33,34)/t23-,24?,25+/m1/s1. The molecule has 8 heteroatoms. The van der Waals surface area contributed by atoms with Crippen molar-refractivity contribution in [1.82, 2.24) is 20.0 Å². The van der Waals surface area contributed by atoms with E-state index in [1.807, 2.05) is 18.2 Å². The molecule has 0 radical (unpaired) electrons. The van der Waals surface area contributed by atoms with E-state index >= 15 is 0 Å². The molecule has 6 rings (SSSR count). The molecule has 1 aliphatic carbocycles. The summed E-state index contributed by atoms with van der Waals surface area (Å²) in [6.45, 7) is 3.77. The SMILES string of the molecule is CN1CCCC=C1C1CN([C@@H]2CCCC[C@@H]2Oc2ccc3c(c2)CN(C2CCC(=O)NC2=O)C3=O)C1. The van der Waals surface area contributed by atoms with Gasteiger partial charge in [0.25, 0.3) is 5.91 Å². The molecule has 1 aromatic rings. The number of fused-ring (bicyclic) bond motifs is 1. The number of likely N-dealkylation sites (tertiary alicyclic amines) is 1. The lowest BCUT2D eigenvalue weighted by atomic mass is 9.85. The number of carbonyl (C=O) groups excluding carboxylic acids is 3. The van der Waals surface area contributed by atoms with Crippen molar-refractivity contribution in [1.29, 1.82) is 0 Å². The van der Waals surface area contributed by atoms with E-state index in [2.05, 4.69) is 28.2 Å². The van der Waals surface area contributed by atoms with E-state index in [4.69, 9.17) is 4.74 Å². The number of carbonyl (C=O) groups is 3. The first kappa shape index (κ1) is 23.5. The Labute approximate surface area is 212 Å². The summed E-state index contributed by atoms with van der Waals surface area (Å²) in [6.07, 6.45) is 10.3. The molecule has 36 heavy (non-hydrogen) atoms. The second-order valence-corrected chi connectivity index (χ2v) is 11.1. The molecule has 4 aliphatic heterocycles. The highest BCUT2D eigenvalue weighted by atomic mass is 16.5. The molecule has 8 nitrogen and oxygen atoms in total. The zero-order valence-electron chi connectivity index (χ0n) is 21.1. The van der Waals surface area contributed by atoms with Gasteiger partial charge >= 0.3 is 0 Å². The van der Waals surface area contributed by atoms with Crippen LogP contribution in [-0.2, 0) is 16.1 Å². The van der Waals surface area contributed by atoms with E-state index < -0.39 is 6.04 Å². The van der Waals surface area contributed by atoms with E-state index in [0.717, 1.165) is 30.8 Å². The summed E-state index contributed by atoms with van der Waals surface area (Å²) in [7, 11) is 2.22. The van der Waals surface area contributed by atoms with Crippen LogP contribution in [0.5, 0.6) is 5.75 Å². The fourth-order valence-electron chi connectivity index (χ4n) is 6.74. The molecule has 2 saturated heterocycles. The minimum atomic E-state index is -0.590. The molecule has 0 spiro atoms. The number of imide groups is 1. The maximum absolute atomic E-state index is 13.0. The fourth-order valence-corrected chi connectivity index (χ4v) is 6.74. The molecule has 1 saturated carbocycles. The highest BCUT2D eigenvalue weighted by Gasteiger charge is 2.42. The lowest BCUT2D eigenvalue weighted by molar-refractivity contribution is -0.136. The number of nitrogens with zero attached hydrogens (tertiary/aromatic N) is 3. The Bertz CT molecular complexity index is 1100. The van der Waals surface area contributed by atoms with Crippen LogP contribution >= 0.6 is 0 Å². The molecule has 4 heterocycles. The molecular weight excluding hydrogens is 456 g/mol. The third kappa shape index (κ3) is 4.29. The minimum absolute atomic E-state index is 0.143. The molecule has 0 aromatic heterocycles. The van der Waals surface area contributed by atoms with Crippen LogP contribution in [-0.4, -0.2) is 77.3 Å². The van der Waals surface area contributed by atoms with Crippen LogP contribution in [0.15, 0.2) is 30.0 Å². The topological polar surface area (TPSA) is 82.2 Å². The molecule has 192 valence electrons. The Morgan fingerprint density at radius 2 is 1.86 bits per heavy atom. The first-order valence-electron chi connectivity index (χ1n) is 13.6. The first-order chi connectivity index (χ1) is 17.5. The average Bonchev–Trinajstić information content (AvgIpc) is 3.16. The second-order valence-electron chi connectivity index (χ2n) is 11.1. The van der Waals surface area contributed by atoms with Gasteiger partial charge in [0, 0.05) is 62.9 Å². The van der Waals surface area contributed by atoms with Crippen molar-refractivity contribution >= 4 is 17.7 Å². The van der Waals surface area contributed by atoms with Crippen molar-refractivity contribution in [2.75, 3.05) is 26.7 Å². The first-order valence-corrected chi connectivity index (χ1v) is 13.6.